The second-order valence-electron chi connectivity index (χ2n) is 3.52. The van der Waals surface area contributed by atoms with E-state index in [1.165, 1.54) is 24.3 Å². The maximum Gasteiger partial charge on any atom is 0.264 e. The standard InChI is InChI=1S/C10H6N4O4S/c11-13-14-19(17,18)8-4-2-1-3-6(8)7-5-9(15)12-10(7)16/h1-5H,(H,12,15,16). The highest BCUT2D eigenvalue weighted by Crippen LogP contribution is 2.26. The lowest BCUT2D eigenvalue weighted by Crippen LogP contribution is -2.22. The van der Waals surface area contributed by atoms with Crippen LogP contribution >= 0.6 is 0 Å². The van der Waals surface area contributed by atoms with Crippen LogP contribution in [0, 0.1) is 0 Å². The number of amides is 2. The second kappa shape index (κ2) is 4.56. The van der Waals surface area contributed by atoms with Crippen molar-refractivity contribution in [2.75, 3.05) is 0 Å². The summed E-state index contributed by atoms with van der Waals surface area (Å²) in [5.74, 6) is -1.33. The summed E-state index contributed by atoms with van der Waals surface area (Å²) in [6.07, 6.45) is 0.993. The Hall–Kier alpha value is -2.64. The molecular weight excluding hydrogens is 272 g/mol. The molecule has 1 aliphatic rings. The minimum atomic E-state index is -4.24. The third-order valence-corrected chi connectivity index (χ3v) is 3.56. The van der Waals surface area contributed by atoms with Gasteiger partial charge in [0.05, 0.1) is 10.5 Å². The quantitative estimate of drug-likeness (QED) is 0.378. The number of carbonyl (C=O) groups is 2. The Morgan fingerprint density at radius 2 is 1.89 bits per heavy atom. The van der Waals surface area contributed by atoms with Gasteiger partial charge in [0.25, 0.3) is 21.8 Å². The number of azide groups is 1. The predicted molar refractivity (Wildman–Crippen MR) is 63.9 cm³/mol. The molecule has 1 aromatic carbocycles. The molecule has 2 amide bonds. The van der Waals surface area contributed by atoms with Crippen molar-refractivity contribution in [2.45, 2.75) is 4.90 Å². The summed E-state index contributed by atoms with van der Waals surface area (Å²) in [7, 11) is -4.24. The fourth-order valence-corrected chi connectivity index (χ4v) is 2.51. The van der Waals surface area contributed by atoms with Crippen LogP contribution in [0.1, 0.15) is 5.56 Å². The van der Waals surface area contributed by atoms with Gasteiger partial charge in [-0.25, -0.2) is 8.42 Å². The lowest BCUT2D eigenvalue weighted by molar-refractivity contribution is -0.123. The number of nitrogens with one attached hydrogen (secondary N) is 1. The Morgan fingerprint density at radius 1 is 1.21 bits per heavy atom. The number of hydrogen-bond donors (Lipinski definition) is 1. The Balaban J connectivity index is 2.68. The summed E-state index contributed by atoms with van der Waals surface area (Å²) in [6, 6.07) is 5.46. The van der Waals surface area contributed by atoms with Crippen molar-refractivity contribution in [1.29, 1.82) is 0 Å². The zero-order valence-electron chi connectivity index (χ0n) is 9.27. The average Bonchev–Trinajstić information content (AvgIpc) is 2.68. The first-order valence-corrected chi connectivity index (χ1v) is 6.37. The van der Waals surface area contributed by atoms with Crippen LogP contribution < -0.4 is 5.32 Å². The zero-order valence-corrected chi connectivity index (χ0v) is 10.1. The van der Waals surface area contributed by atoms with Gasteiger partial charge >= 0.3 is 0 Å². The molecule has 1 N–H and O–H groups in total. The van der Waals surface area contributed by atoms with Crippen molar-refractivity contribution in [2.24, 2.45) is 4.52 Å². The molecule has 0 saturated carbocycles. The minimum Gasteiger partial charge on any atom is -0.289 e. The third-order valence-electron chi connectivity index (χ3n) is 2.36. The van der Waals surface area contributed by atoms with Crippen molar-refractivity contribution in [3.63, 3.8) is 0 Å². The number of carbonyl (C=O) groups excluding carboxylic acids is 2. The van der Waals surface area contributed by atoms with Crippen molar-refractivity contribution in [3.8, 4) is 0 Å². The van der Waals surface area contributed by atoms with E-state index in [-0.39, 0.29) is 16.0 Å². The van der Waals surface area contributed by atoms with Gasteiger partial charge in [-0.15, -0.1) is 0 Å². The topological polar surface area (TPSA) is 129 Å². The maximum absolute atomic E-state index is 11.7. The molecule has 96 valence electrons. The molecule has 0 aliphatic carbocycles. The molecule has 0 aromatic heterocycles. The van der Waals surface area contributed by atoms with Crippen LogP contribution in [0.4, 0.5) is 0 Å². The maximum atomic E-state index is 11.7. The van der Waals surface area contributed by atoms with E-state index in [0.29, 0.717) is 0 Å². The summed E-state index contributed by atoms with van der Waals surface area (Å²) in [5.41, 5.74) is 8.17. The van der Waals surface area contributed by atoms with Crippen molar-refractivity contribution in [3.05, 3.63) is 46.3 Å². The fourth-order valence-electron chi connectivity index (χ4n) is 1.62. The molecule has 8 nitrogen and oxygen atoms in total. The van der Waals surface area contributed by atoms with E-state index < -0.39 is 21.8 Å². The molecule has 0 atom stereocenters. The predicted octanol–water partition coefficient (Wildman–Crippen LogP) is 0.725. The lowest BCUT2D eigenvalue weighted by atomic mass is 10.1. The normalized spacial score (nSPS) is 14.6. The van der Waals surface area contributed by atoms with Gasteiger partial charge in [-0.3, -0.25) is 14.9 Å². The summed E-state index contributed by atoms with van der Waals surface area (Å²) in [6.45, 7) is 0. The van der Waals surface area contributed by atoms with Crippen molar-refractivity contribution in [1.82, 2.24) is 5.32 Å². The van der Waals surface area contributed by atoms with Crippen LogP contribution in [0.15, 0.2) is 39.8 Å². The molecule has 0 fully saturated rings. The van der Waals surface area contributed by atoms with Gasteiger partial charge in [0.1, 0.15) is 0 Å². The first-order chi connectivity index (χ1) is 8.95. The Morgan fingerprint density at radius 3 is 2.47 bits per heavy atom. The second-order valence-corrected chi connectivity index (χ2v) is 5.07. The molecule has 1 heterocycles. The highest BCUT2D eigenvalue weighted by Gasteiger charge is 2.27. The summed E-state index contributed by atoms with van der Waals surface area (Å²) >= 11 is 0. The molecule has 0 saturated heterocycles. The Bertz CT molecular complexity index is 759. The highest BCUT2D eigenvalue weighted by atomic mass is 32.2. The van der Waals surface area contributed by atoms with Crippen LogP contribution in [-0.2, 0) is 19.6 Å². The number of imide groups is 1. The number of rotatable bonds is 3. The minimum absolute atomic E-state index is 0.0123. The Kier molecular flexibility index (Phi) is 3.07. The fraction of sp³-hybridized carbons (Fsp3) is 0. The van der Waals surface area contributed by atoms with Gasteiger partial charge in [0.2, 0.25) is 0 Å². The molecule has 9 heteroatoms. The molecule has 2 rings (SSSR count). The number of hydrogen-bond acceptors (Lipinski definition) is 4. The third kappa shape index (κ3) is 2.32. The van der Waals surface area contributed by atoms with Gasteiger partial charge in [-0.05, 0) is 11.6 Å². The summed E-state index contributed by atoms with van der Waals surface area (Å²) < 4.78 is 26.2. The number of nitrogens with zero attached hydrogens (tertiary/aromatic N) is 3. The molecule has 0 bridgehead atoms. The average molecular weight is 278 g/mol. The molecule has 1 aromatic rings. The van der Waals surface area contributed by atoms with Crippen molar-refractivity contribution < 1.29 is 18.0 Å². The number of benzene rings is 1. The van der Waals surface area contributed by atoms with Gasteiger partial charge in [-0.2, -0.15) is 0 Å². The van der Waals surface area contributed by atoms with Crippen LogP contribution in [0.25, 0.3) is 16.0 Å². The molecular formula is C10H6N4O4S. The first-order valence-electron chi connectivity index (χ1n) is 4.93. The lowest BCUT2D eigenvalue weighted by Gasteiger charge is -2.06. The number of sulfonamides is 1. The largest absolute Gasteiger partial charge is 0.289 e. The van der Waals surface area contributed by atoms with E-state index in [2.05, 4.69) is 9.43 Å². The molecule has 0 spiro atoms. The van der Waals surface area contributed by atoms with Crippen LogP contribution in [0.2, 0.25) is 0 Å². The van der Waals surface area contributed by atoms with E-state index >= 15 is 0 Å². The molecule has 1 aliphatic heterocycles. The smallest absolute Gasteiger partial charge is 0.264 e. The molecule has 19 heavy (non-hydrogen) atoms. The summed E-state index contributed by atoms with van der Waals surface area (Å²) in [5, 5.41) is 2.01. The van der Waals surface area contributed by atoms with E-state index in [4.69, 9.17) is 5.53 Å². The van der Waals surface area contributed by atoms with Crippen LogP contribution in [0.3, 0.4) is 0 Å². The monoisotopic (exact) mass is 278 g/mol. The van der Waals surface area contributed by atoms with Crippen LogP contribution in [0.5, 0.6) is 0 Å². The van der Waals surface area contributed by atoms with Gasteiger partial charge in [-0.1, -0.05) is 18.2 Å². The van der Waals surface area contributed by atoms with Gasteiger partial charge < -0.3 is 0 Å². The highest BCUT2D eigenvalue weighted by molar-refractivity contribution is 7.90. The first kappa shape index (κ1) is 12.8. The van der Waals surface area contributed by atoms with Crippen LogP contribution in [-0.4, -0.2) is 20.2 Å². The van der Waals surface area contributed by atoms with Gasteiger partial charge in [0.15, 0.2) is 0 Å². The van der Waals surface area contributed by atoms with Gasteiger partial charge in [0, 0.05) is 21.1 Å². The van der Waals surface area contributed by atoms with E-state index in [9.17, 15) is 18.0 Å². The van der Waals surface area contributed by atoms with E-state index in [1.54, 1.807) is 0 Å². The van der Waals surface area contributed by atoms with E-state index in [0.717, 1.165) is 6.08 Å². The summed E-state index contributed by atoms with van der Waals surface area (Å²) in [4.78, 5) is 24.5. The molecule has 0 radical (unpaired) electrons. The van der Waals surface area contributed by atoms with E-state index in [1.807, 2.05) is 5.32 Å². The Labute approximate surface area is 107 Å². The van der Waals surface area contributed by atoms with Crippen molar-refractivity contribution >= 4 is 27.4 Å². The zero-order chi connectivity index (χ0) is 14.0. The molecule has 0 unspecified atom stereocenters. The SMILES string of the molecule is [N-]=[N+]=NS(=O)(=O)c1ccccc1C1=CC(=O)NC1=O.